The normalized spacial score (nSPS) is 11.0. The molecule has 1 aromatic carbocycles. The Morgan fingerprint density at radius 2 is 2.00 bits per heavy atom. The summed E-state index contributed by atoms with van der Waals surface area (Å²) in [7, 11) is 0. The molecule has 0 spiro atoms. The third-order valence-corrected chi connectivity index (χ3v) is 5.00. The van der Waals surface area contributed by atoms with Gasteiger partial charge in [-0.2, -0.15) is 0 Å². The van der Waals surface area contributed by atoms with Crippen molar-refractivity contribution in [1.29, 1.82) is 0 Å². The zero-order chi connectivity index (χ0) is 17.3. The minimum absolute atomic E-state index is 0.141. The van der Waals surface area contributed by atoms with E-state index < -0.39 is 0 Å². The van der Waals surface area contributed by atoms with Gasteiger partial charge in [0, 0.05) is 21.4 Å². The molecule has 0 saturated carbocycles. The van der Waals surface area contributed by atoms with Crippen molar-refractivity contribution < 1.29 is 4.79 Å². The number of rotatable bonds is 4. The first-order valence-electron chi connectivity index (χ1n) is 7.08. The van der Waals surface area contributed by atoms with Crippen molar-refractivity contribution in [1.82, 2.24) is 19.6 Å². The largest absolute Gasteiger partial charge is 0.325 e. The Morgan fingerprint density at radius 3 is 2.71 bits per heavy atom. The highest BCUT2D eigenvalue weighted by Crippen LogP contribution is 2.19. The number of aromatic amines is 1. The highest BCUT2D eigenvalue weighted by molar-refractivity contribution is 9.10. The first kappa shape index (κ1) is 16.7. The van der Waals surface area contributed by atoms with E-state index in [2.05, 4.69) is 36.4 Å². The third-order valence-electron chi connectivity index (χ3n) is 3.54. The number of aryl methyl sites for hydroxylation is 1. The number of anilines is 1. The summed E-state index contributed by atoms with van der Waals surface area (Å²) in [6.07, 6.45) is 0. The fourth-order valence-electron chi connectivity index (χ4n) is 2.13. The number of halogens is 1. The maximum Gasteiger partial charge on any atom is 0.255 e. The van der Waals surface area contributed by atoms with Gasteiger partial charge in [-0.15, -0.1) is 10.2 Å². The van der Waals surface area contributed by atoms with Gasteiger partial charge in [-0.1, -0.05) is 27.7 Å². The Labute approximate surface area is 150 Å². The summed E-state index contributed by atoms with van der Waals surface area (Å²) in [5.41, 5.74) is 1.90. The Kier molecular flexibility index (Phi) is 4.72. The number of fused-ring (bicyclic) bond motifs is 1. The van der Waals surface area contributed by atoms with Crippen LogP contribution in [-0.2, 0) is 4.79 Å². The van der Waals surface area contributed by atoms with Crippen LogP contribution in [0.4, 0.5) is 5.69 Å². The molecule has 0 saturated heterocycles. The number of nitrogens with zero attached hydrogens (tertiary/aromatic N) is 3. The van der Waals surface area contributed by atoms with Crippen LogP contribution in [0.1, 0.15) is 11.3 Å². The Morgan fingerprint density at radius 1 is 1.29 bits per heavy atom. The van der Waals surface area contributed by atoms with Crippen molar-refractivity contribution in [3.05, 3.63) is 50.3 Å². The van der Waals surface area contributed by atoms with Gasteiger partial charge in [-0.3, -0.25) is 19.0 Å². The van der Waals surface area contributed by atoms with Crippen LogP contribution in [0.5, 0.6) is 0 Å². The second kappa shape index (κ2) is 6.78. The van der Waals surface area contributed by atoms with Gasteiger partial charge in [-0.05, 0) is 38.1 Å². The summed E-state index contributed by atoms with van der Waals surface area (Å²) in [6, 6.07) is 7.35. The van der Waals surface area contributed by atoms with Crippen molar-refractivity contribution in [2.45, 2.75) is 19.0 Å². The summed E-state index contributed by atoms with van der Waals surface area (Å²) >= 11 is 4.61. The van der Waals surface area contributed by atoms with E-state index in [0.717, 1.165) is 15.9 Å². The third kappa shape index (κ3) is 3.36. The number of hydrogen-bond donors (Lipinski definition) is 2. The fraction of sp³-hybridized carbons (Fsp3) is 0.200. The molecule has 0 unspecified atom stereocenters. The maximum absolute atomic E-state index is 12.1. The van der Waals surface area contributed by atoms with Gasteiger partial charge in [0.15, 0.2) is 5.16 Å². The Balaban J connectivity index is 1.74. The number of aromatic nitrogens is 4. The van der Waals surface area contributed by atoms with Gasteiger partial charge in [0.25, 0.3) is 5.56 Å². The van der Waals surface area contributed by atoms with Gasteiger partial charge >= 0.3 is 0 Å². The van der Waals surface area contributed by atoms with Crippen LogP contribution in [0.3, 0.4) is 0 Å². The molecule has 0 aliphatic carbocycles. The SMILES string of the molecule is Cc1c(C)n2c(SCC(=O)Nc3ccc(Br)cc3)nnc2[nH]c1=O. The highest BCUT2D eigenvalue weighted by atomic mass is 79.9. The van der Waals surface area contributed by atoms with E-state index in [-0.39, 0.29) is 17.2 Å². The molecule has 24 heavy (non-hydrogen) atoms. The molecular formula is C15H14BrN5O2S. The quantitative estimate of drug-likeness (QED) is 0.648. The van der Waals surface area contributed by atoms with Crippen molar-refractivity contribution in [2.24, 2.45) is 0 Å². The monoisotopic (exact) mass is 407 g/mol. The van der Waals surface area contributed by atoms with E-state index in [4.69, 9.17) is 0 Å². The summed E-state index contributed by atoms with van der Waals surface area (Å²) in [4.78, 5) is 26.5. The van der Waals surface area contributed by atoms with E-state index in [1.807, 2.05) is 31.2 Å². The molecule has 0 atom stereocenters. The van der Waals surface area contributed by atoms with E-state index in [1.54, 1.807) is 11.3 Å². The van der Waals surface area contributed by atoms with Crippen molar-refractivity contribution in [3.63, 3.8) is 0 Å². The zero-order valence-electron chi connectivity index (χ0n) is 13.0. The molecule has 2 aromatic heterocycles. The van der Waals surface area contributed by atoms with Gasteiger partial charge in [-0.25, -0.2) is 0 Å². The molecule has 2 heterocycles. The first-order valence-corrected chi connectivity index (χ1v) is 8.86. The van der Waals surface area contributed by atoms with Crippen LogP contribution in [-0.4, -0.2) is 31.2 Å². The van der Waals surface area contributed by atoms with E-state index in [9.17, 15) is 9.59 Å². The van der Waals surface area contributed by atoms with Crippen LogP contribution in [0, 0.1) is 13.8 Å². The molecule has 0 radical (unpaired) electrons. The number of thioether (sulfide) groups is 1. The predicted molar refractivity (Wildman–Crippen MR) is 96.6 cm³/mol. The van der Waals surface area contributed by atoms with Crippen molar-refractivity contribution >= 4 is 45.1 Å². The van der Waals surface area contributed by atoms with Crippen molar-refractivity contribution in [2.75, 3.05) is 11.1 Å². The molecule has 3 aromatic rings. The number of carbonyl (C=O) groups is 1. The smallest absolute Gasteiger partial charge is 0.255 e. The van der Waals surface area contributed by atoms with E-state index in [1.165, 1.54) is 11.8 Å². The van der Waals surface area contributed by atoms with Crippen LogP contribution in [0.25, 0.3) is 5.78 Å². The standard InChI is InChI=1S/C15H14BrN5O2S/c1-8-9(2)21-14(18-13(8)23)19-20-15(21)24-7-12(22)17-11-5-3-10(16)4-6-11/h3-6H,7H2,1-2H3,(H,17,22)(H,18,19,23). The first-order chi connectivity index (χ1) is 11.5. The molecule has 0 aliphatic rings. The van der Waals surface area contributed by atoms with Crippen LogP contribution in [0.2, 0.25) is 0 Å². The number of nitrogens with one attached hydrogen (secondary N) is 2. The number of carbonyl (C=O) groups excluding carboxylic acids is 1. The average Bonchev–Trinajstić information content (AvgIpc) is 2.96. The summed E-state index contributed by atoms with van der Waals surface area (Å²) < 4.78 is 2.69. The van der Waals surface area contributed by atoms with Gasteiger partial charge in [0.05, 0.1) is 5.75 Å². The van der Waals surface area contributed by atoms with Crippen LogP contribution in [0.15, 0.2) is 38.7 Å². The lowest BCUT2D eigenvalue weighted by molar-refractivity contribution is -0.113. The summed E-state index contributed by atoms with van der Waals surface area (Å²) in [5.74, 6) is 0.422. The molecule has 0 aliphatic heterocycles. The van der Waals surface area contributed by atoms with Crippen LogP contribution >= 0.6 is 27.7 Å². The average molecular weight is 408 g/mol. The predicted octanol–water partition coefficient (Wildman–Crippen LogP) is 2.53. The highest BCUT2D eigenvalue weighted by Gasteiger charge is 2.14. The molecule has 3 rings (SSSR count). The Hall–Kier alpha value is -2.13. The molecule has 0 bridgehead atoms. The molecule has 0 fully saturated rings. The number of hydrogen-bond acceptors (Lipinski definition) is 5. The van der Waals surface area contributed by atoms with Crippen molar-refractivity contribution in [3.8, 4) is 0 Å². The summed E-state index contributed by atoms with van der Waals surface area (Å²) in [6.45, 7) is 3.56. The number of amides is 1. The van der Waals surface area contributed by atoms with E-state index in [0.29, 0.717) is 16.5 Å². The van der Waals surface area contributed by atoms with Gasteiger partial charge < -0.3 is 5.32 Å². The molecule has 124 valence electrons. The second-order valence-corrected chi connectivity index (χ2v) is 7.01. The maximum atomic E-state index is 12.1. The molecule has 1 amide bonds. The minimum atomic E-state index is -0.183. The topological polar surface area (TPSA) is 92.2 Å². The molecule has 7 nitrogen and oxygen atoms in total. The van der Waals surface area contributed by atoms with E-state index >= 15 is 0 Å². The lowest BCUT2D eigenvalue weighted by Crippen LogP contribution is -2.16. The fourth-order valence-corrected chi connectivity index (χ4v) is 3.18. The molecule has 9 heteroatoms. The Bertz CT molecular complexity index is 964. The van der Waals surface area contributed by atoms with Gasteiger partial charge in [0.1, 0.15) is 0 Å². The lowest BCUT2D eigenvalue weighted by Gasteiger charge is -2.06. The lowest BCUT2D eigenvalue weighted by atomic mass is 10.3. The van der Waals surface area contributed by atoms with Gasteiger partial charge in [0.2, 0.25) is 11.7 Å². The summed E-state index contributed by atoms with van der Waals surface area (Å²) in [5, 5.41) is 11.4. The van der Waals surface area contributed by atoms with Crippen LogP contribution < -0.4 is 10.9 Å². The molecule has 2 N–H and O–H groups in total. The number of benzene rings is 1. The minimum Gasteiger partial charge on any atom is -0.325 e. The molecular weight excluding hydrogens is 394 g/mol. The second-order valence-electron chi connectivity index (χ2n) is 5.15. The number of H-pyrrole nitrogens is 1. The zero-order valence-corrected chi connectivity index (χ0v) is 15.4.